The quantitative estimate of drug-likeness (QED) is 0.796. The largest absolute Gasteiger partial charge is 0.356 e. The Morgan fingerprint density at radius 1 is 1.09 bits per heavy atom. The fraction of sp³-hybridized carbons (Fsp3) is 0.222. The summed E-state index contributed by atoms with van der Waals surface area (Å²) in [7, 11) is 0. The van der Waals surface area contributed by atoms with Crippen LogP contribution in [0.1, 0.15) is 22.4 Å². The number of hydrogen-bond acceptors (Lipinski definition) is 3. The molecule has 22 heavy (non-hydrogen) atoms. The smallest absolute Gasteiger partial charge is 0.230 e. The van der Waals surface area contributed by atoms with Gasteiger partial charge in [0.1, 0.15) is 5.69 Å². The van der Waals surface area contributed by atoms with Gasteiger partial charge < -0.3 is 9.84 Å². The average Bonchev–Trinajstić information content (AvgIpc) is 2.84. The molecule has 2 aromatic carbocycles. The van der Waals surface area contributed by atoms with Crippen molar-refractivity contribution in [3.63, 3.8) is 0 Å². The van der Waals surface area contributed by atoms with Crippen molar-refractivity contribution in [3.05, 3.63) is 58.8 Å². The van der Waals surface area contributed by atoms with Gasteiger partial charge in [-0.3, -0.25) is 4.79 Å². The molecule has 112 valence electrons. The number of para-hydroxylation sites is 1. The van der Waals surface area contributed by atoms with Gasteiger partial charge in [-0.05, 0) is 55.7 Å². The number of benzene rings is 2. The summed E-state index contributed by atoms with van der Waals surface area (Å²) in [5.74, 6) is -0.0947. The number of carbonyl (C=O) groups is 1. The van der Waals surface area contributed by atoms with E-state index in [-0.39, 0.29) is 12.3 Å². The standard InChI is InChI=1S/C18H18N2O2/c1-11-6-4-5-7-15(11)19-18(21)10-16-14-8-12(2)13(3)9-17(14)22-20-16/h4-9H,10H2,1-3H3,(H,19,21). The van der Waals surface area contributed by atoms with Crippen molar-refractivity contribution in [2.75, 3.05) is 5.32 Å². The maximum Gasteiger partial charge on any atom is 0.230 e. The Bertz CT molecular complexity index is 849. The Hall–Kier alpha value is -2.62. The number of rotatable bonds is 3. The summed E-state index contributed by atoms with van der Waals surface area (Å²) in [6.45, 7) is 6.04. The highest BCUT2D eigenvalue weighted by atomic mass is 16.5. The Kier molecular flexibility index (Phi) is 3.67. The van der Waals surface area contributed by atoms with E-state index >= 15 is 0 Å². The molecule has 3 rings (SSSR count). The third-order valence-corrected chi connectivity index (χ3v) is 3.91. The van der Waals surface area contributed by atoms with Gasteiger partial charge in [0.2, 0.25) is 5.91 Å². The molecule has 3 aromatic rings. The Labute approximate surface area is 129 Å². The van der Waals surface area contributed by atoms with E-state index in [2.05, 4.69) is 10.5 Å². The van der Waals surface area contributed by atoms with Gasteiger partial charge in [0.25, 0.3) is 0 Å². The molecule has 1 aromatic heterocycles. The van der Waals surface area contributed by atoms with E-state index in [0.29, 0.717) is 5.69 Å². The van der Waals surface area contributed by atoms with E-state index in [1.54, 1.807) is 0 Å². The molecule has 1 heterocycles. The molecule has 0 fully saturated rings. The summed E-state index contributed by atoms with van der Waals surface area (Å²) in [5, 5.41) is 7.87. The van der Waals surface area contributed by atoms with Crippen molar-refractivity contribution in [1.29, 1.82) is 0 Å². The van der Waals surface area contributed by atoms with Crippen LogP contribution in [0.25, 0.3) is 11.0 Å². The van der Waals surface area contributed by atoms with E-state index in [0.717, 1.165) is 33.3 Å². The molecule has 0 aliphatic rings. The van der Waals surface area contributed by atoms with Gasteiger partial charge in [-0.15, -0.1) is 0 Å². The van der Waals surface area contributed by atoms with Crippen LogP contribution >= 0.6 is 0 Å². The minimum atomic E-state index is -0.0947. The van der Waals surface area contributed by atoms with E-state index < -0.39 is 0 Å². The average molecular weight is 294 g/mol. The van der Waals surface area contributed by atoms with Crippen molar-refractivity contribution >= 4 is 22.6 Å². The monoisotopic (exact) mass is 294 g/mol. The first-order chi connectivity index (χ1) is 10.5. The Morgan fingerprint density at radius 2 is 1.82 bits per heavy atom. The molecule has 0 saturated heterocycles. The first-order valence-corrected chi connectivity index (χ1v) is 7.25. The van der Waals surface area contributed by atoms with E-state index in [9.17, 15) is 4.79 Å². The number of carbonyl (C=O) groups excluding carboxylic acids is 1. The summed E-state index contributed by atoms with van der Waals surface area (Å²) < 4.78 is 5.33. The van der Waals surface area contributed by atoms with Crippen LogP contribution in [0.5, 0.6) is 0 Å². The molecule has 0 atom stereocenters. The van der Waals surface area contributed by atoms with Crippen LogP contribution < -0.4 is 5.32 Å². The summed E-state index contributed by atoms with van der Waals surface area (Å²) >= 11 is 0. The normalized spacial score (nSPS) is 10.9. The molecular weight excluding hydrogens is 276 g/mol. The summed E-state index contributed by atoms with van der Waals surface area (Å²) in [5.41, 5.74) is 5.57. The lowest BCUT2D eigenvalue weighted by molar-refractivity contribution is -0.115. The highest BCUT2D eigenvalue weighted by Crippen LogP contribution is 2.23. The second-order valence-corrected chi connectivity index (χ2v) is 5.60. The number of fused-ring (bicyclic) bond motifs is 1. The van der Waals surface area contributed by atoms with Crippen molar-refractivity contribution < 1.29 is 9.32 Å². The second kappa shape index (κ2) is 5.64. The van der Waals surface area contributed by atoms with Crippen molar-refractivity contribution in [1.82, 2.24) is 5.16 Å². The molecule has 0 radical (unpaired) electrons. The van der Waals surface area contributed by atoms with E-state index in [1.165, 1.54) is 0 Å². The molecular formula is C18H18N2O2. The lowest BCUT2D eigenvalue weighted by Crippen LogP contribution is -2.15. The summed E-state index contributed by atoms with van der Waals surface area (Å²) in [6, 6.07) is 11.7. The first-order valence-electron chi connectivity index (χ1n) is 7.25. The zero-order valence-electron chi connectivity index (χ0n) is 12.9. The number of amides is 1. The van der Waals surface area contributed by atoms with Gasteiger partial charge in [0.15, 0.2) is 5.58 Å². The SMILES string of the molecule is Cc1cc2onc(CC(=O)Nc3ccccc3C)c2cc1C. The predicted molar refractivity (Wildman–Crippen MR) is 87.0 cm³/mol. The van der Waals surface area contributed by atoms with Crippen molar-refractivity contribution in [2.45, 2.75) is 27.2 Å². The predicted octanol–water partition coefficient (Wildman–Crippen LogP) is 3.93. The summed E-state index contributed by atoms with van der Waals surface area (Å²) in [6.07, 6.45) is 0.198. The number of nitrogens with zero attached hydrogens (tertiary/aromatic N) is 1. The van der Waals surface area contributed by atoms with Gasteiger partial charge in [0.05, 0.1) is 6.42 Å². The number of nitrogens with one attached hydrogen (secondary N) is 1. The van der Waals surface area contributed by atoms with Crippen LogP contribution in [0.4, 0.5) is 5.69 Å². The van der Waals surface area contributed by atoms with Gasteiger partial charge in [-0.1, -0.05) is 23.4 Å². The van der Waals surface area contributed by atoms with Crippen LogP contribution in [-0.4, -0.2) is 11.1 Å². The van der Waals surface area contributed by atoms with Gasteiger partial charge >= 0.3 is 0 Å². The van der Waals surface area contributed by atoms with Gasteiger partial charge in [-0.2, -0.15) is 0 Å². The third kappa shape index (κ3) is 2.72. The molecule has 0 saturated carbocycles. The molecule has 0 unspecified atom stereocenters. The van der Waals surface area contributed by atoms with Gasteiger partial charge in [-0.25, -0.2) is 0 Å². The zero-order chi connectivity index (χ0) is 15.7. The molecule has 0 aliphatic carbocycles. The lowest BCUT2D eigenvalue weighted by Gasteiger charge is -2.07. The van der Waals surface area contributed by atoms with Crippen LogP contribution in [-0.2, 0) is 11.2 Å². The number of aryl methyl sites for hydroxylation is 3. The van der Waals surface area contributed by atoms with Crippen LogP contribution in [0.2, 0.25) is 0 Å². The van der Waals surface area contributed by atoms with Crippen LogP contribution in [0.3, 0.4) is 0 Å². The number of hydrogen-bond donors (Lipinski definition) is 1. The second-order valence-electron chi connectivity index (χ2n) is 5.60. The minimum absolute atomic E-state index is 0.0947. The highest BCUT2D eigenvalue weighted by Gasteiger charge is 2.14. The highest BCUT2D eigenvalue weighted by molar-refractivity contribution is 5.95. The van der Waals surface area contributed by atoms with E-state index in [4.69, 9.17) is 4.52 Å². The molecule has 0 bridgehead atoms. The third-order valence-electron chi connectivity index (χ3n) is 3.91. The fourth-order valence-corrected chi connectivity index (χ4v) is 2.43. The maximum absolute atomic E-state index is 12.2. The molecule has 4 nitrogen and oxygen atoms in total. The summed E-state index contributed by atoms with van der Waals surface area (Å²) in [4.78, 5) is 12.2. The Morgan fingerprint density at radius 3 is 2.59 bits per heavy atom. The topological polar surface area (TPSA) is 55.1 Å². The molecule has 1 N–H and O–H groups in total. The minimum Gasteiger partial charge on any atom is -0.356 e. The molecule has 1 amide bonds. The van der Waals surface area contributed by atoms with Crippen LogP contribution in [0, 0.1) is 20.8 Å². The number of aromatic nitrogens is 1. The first kappa shape index (κ1) is 14.3. The van der Waals surface area contributed by atoms with E-state index in [1.807, 2.05) is 57.2 Å². The Balaban J connectivity index is 1.83. The molecule has 0 aliphatic heterocycles. The van der Waals surface area contributed by atoms with Gasteiger partial charge in [0, 0.05) is 11.1 Å². The maximum atomic E-state index is 12.2. The molecule has 0 spiro atoms. The van der Waals surface area contributed by atoms with Crippen LogP contribution in [0.15, 0.2) is 40.9 Å². The van der Waals surface area contributed by atoms with Crippen molar-refractivity contribution in [2.24, 2.45) is 0 Å². The molecule has 4 heteroatoms. The zero-order valence-corrected chi connectivity index (χ0v) is 12.9. The van der Waals surface area contributed by atoms with Crippen molar-refractivity contribution in [3.8, 4) is 0 Å². The lowest BCUT2D eigenvalue weighted by atomic mass is 10.1. The number of anilines is 1. The fourth-order valence-electron chi connectivity index (χ4n) is 2.43.